The molecule has 1 aliphatic rings. The highest BCUT2D eigenvalue weighted by Crippen LogP contribution is 2.55. The van der Waals surface area contributed by atoms with Crippen molar-refractivity contribution < 1.29 is 0 Å². The molecule has 6 heteroatoms. The molecule has 0 N–H and O–H groups in total. The van der Waals surface area contributed by atoms with Crippen LogP contribution in [0, 0.1) is 0 Å². The number of hydrogen-bond donors (Lipinski definition) is 0. The van der Waals surface area contributed by atoms with Gasteiger partial charge in [-0.25, -0.2) is 9.97 Å². The van der Waals surface area contributed by atoms with Crippen molar-refractivity contribution in [2.45, 2.75) is 19.3 Å². The van der Waals surface area contributed by atoms with E-state index in [-0.39, 0.29) is 5.41 Å². The molecule has 0 saturated heterocycles. The van der Waals surface area contributed by atoms with Crippen molar-refractivity contribution in [1.29, 1.82) is 0 Å². The minimum absolute atomic E-state index is 0.197. The maximum atomic E-state index is 4.87. The summed E-state index contributed by atoms with van der Waals surface area (Å²) in [6.45, 7) is 4.66. The van der Waals surface area contributed by atoms with Crippen LogP contribution >= 0.6 is 0 Å². The molecule has 0 spiro atoms. The molecule has 6 aromatic carbocycles. The number of nitrogens with zero attached hydrogens (tertiary/aromatic N) is 6. The van der Waals surface area contributed by atoms with Gasteiger partial charge in [-0.1, -0.05) is 98.8 Å². The molecule has 0 amide bonds. The Morgan fingerprint density at radius 3 is 1.47 bits per heavy atom. The summed E-state index contributed by atoms with van der Waals surface area (Å²) in [5.41, 5.74) is 9.02. The lowest BCUT2D eigenvalue weighted by molar-refractivity contribution is 0.661. The molecule has 2 heterocycles. The zero-order valence-corrected chi connectivity index (χ0v) is 27.2. The first-order valence-corrected chi connectivity index (χ1v) is 16.5. The lowest BCUT2D eigenvalue weighted by atomic mass is 9.81. The molecule has 0 atom stereocenters. The fraction of sp³-hybridized carbons (Fsp3) is 0.0698. The third kappa shape index (κ3) is 4.56. The molecule has 0 fully saturated rings. The second-order valence-corrected chi connectivity index (χ2v) is 12.8. The average molecular weight is 633 g/mol. The van der Waals surface area contributed by atoms with Gasteiger partial charge in [-0.2, -0.15) is 0 Å². The molecule has 2 aromatic heterocycles. The van der Waals surface area contributed by atoms with Crippen LogP contribution in [0.3, 0.4) is 0 Å². The molecule has 0 bridgehead atoms. The number of anilines is 6. The summed E-state index contributed by atoms with van der Waals surface area (Å²) in [7, 11) is 0. The second kappa shape index (κ2) is 11.4. The van der Waals surface area contributed by atoms with Crippen LogP contribution in [0.15, 0.2) is 159 Å². The van der Waals surface area contributed by atoms with Gasteiger partial charge in [0, 0.05) is 63.1 Å². The molecule has 234 valence electrons. The Labute approximate surface area is 285 Å². The number of aromatic nitrogens is 4. The standard InChI is InChI=1S/C43H32N6/c1-43(2)37-20-12-11-17-31(37)34-25-35-36(26-38(34)43)42(49(30-15-7-4-8-16-30)40-28-45-22-24-47-40)33-19-10-9-18-32(33)41(35)48(29-13-5-3-6-14-29)39-27-44-21-23-46-39/h3-28H,1-2H3. The van der Waals surface area contributed by atoms with Gasteiger partial charge in [-0.15, -0.1) is 0 Å². The first kappa shape index (κ1) is 28.8. The zero-order valence-electron chi connectivity index (χ0n) is 27.2. The maximum absolute atomic E-state index is 4.87. The SMILES string of the molecule is CC1(C)c2ccccc2-c2cc3c(N(c4ccccc4)c4cnccn4)c4ccccc4c(N(c4ccccc4)c4cnccn4)c3cc21. The summed E-state index contributed by atoms with van der Waals surface area (Å²) in [5, 5.41) is 4.36. The molecule has 9 rings (SSSR count). The molecule has 8 aromatic rings. The van der Waals surface area contributed by atoms with E-state index in [9.17, 15) is 0 Å². The molecular weight excluding hydrogens is 601 g/mol. The quantitative estimate of drug-likeness (QED) is 0.134. The van der Waals surface area contributed by atoms with E-state index in [0.717, 1.165) is 55.9 Å². The van der Waals surface area contributed by atoms with Crippen LogP contribution in [0.4, 0.5) is 34.4 Å². The van der Waals surface area contributed by atoms with Crippen molar-refractivity contribution >= 4 is 55.9 Å². The zero-order chi connectivity index (χ0) is 33.0. The van der Waals surface area contributed by atoms with Gasteiger partial charge < -0.3 is 0 Å². The molecule has 6 nitrogen and oxygen atoms in total. The summed E-state index contributed by atoms with van der Waals surface area (Å²) in [6, 6.07) is 43.2. The Morgan fingerprint density at radius 1 is 0.449 bits per heavy atom. The van der Waals surface area contributed by atoms with Crippen LogP contribution < -0.4 is 9.80 Å². The Kier molecular flexibility index (Phi) is 6.69. The number of fused-ring (bicyclic) bond motifs is 5. The number of hydrogen-bond acceptors (Lipinski definition) is 6. The highest BCUT2D eigenvalue weighted by molar-refractivity contribution is 6.24. The number of benzene rings is 6. The third-order valence-corrected chi connectivity index (χ3v) is 9.70. The Balaban J connectivity index is 1.49. The second-order valence-electron chi connectivity index (χ2n) is 12.8. The fourth-order valence-corrected chi connectivity index (χ4v) is 7.53. The normalized spacial score (nSPS) is 12.9. The van der Waals surface area contributed by atoms with Crippen molar-refractivity contribution in [1.82, 2.24) is 19.9 Å². The average Bonchev–Trinajstić information content (AvgIpc) is 3.39. The van der Waals surface area contributed by atoms with Gasteiger partial charge in [0.05, 0.1) is 23.8 Å². The molecule has 1 aliphatic carbocycles. The highest BCUT2D eigenvalue weighted by atomic mass is 15.2. The summed E-state index contributed by atoms with van der Waals surface area (Å²) >= 11 is 0. The van der Waals surface area contributed by atoms with Gasteiger partial charge in [0.1, 0.15) is 0 Å². The van der Waals surface area contributed by atoms with Crippen molar-refractivity contribution in [3.8, 4) is 11.1 Å². The maximum Gasteiger partial charge on any atom is 0.156 e. The topological polar surface area (TPSA) is 58.0 Å². The predicted octanol–water partition coefficient (Wildman–Crippen LogP) is 10.8. The smallest absolute Gasteiger partial charge is 0.156 e. The summed E-state index contributed by atoms with van der Waals surface area (Å²) < 4.78 is 0. The molecule has 0 radical (unpaired) electrons. The van der Waals surface area contributed by atoms with Gasteiger partial charge >= 0.3 is 0 Å². The van der Waals surface area contributed by atoms with Crippen LogP contribution in [-0.2, 0) is 5.41 Å². The van der Waals surface area contributed by atoms with E-state index in [1.807, 2.05) is 24.5 Å². The van der Waals surface area contributed by atoms with Gasteiger partial charge in [0.25, 0.3) is 0 Å². The molecule has 0 aliphatic heterocycles. The minimum atomic E-state index is -0.197. The molecule has 0 saturated carbocycles. The van der Waals surface area contributed by atoms with Crippen LogP contribution in [0.5, 0.6) is 0 Å². The van der Waals surface area contributed by atoms with Crippen LogP contribution in [-0.4, -0.2) is 19.9 Å². The minimum Gasteiger partial charge on any atom is -0.293 e. The monoisotopic (exact) mass is 632 g/mol. The van der Waals surface area contributed by atoms with Crippen molar-refractivity contribution in [3.63, 3.8) is 0 Å². The van der Waals surface area contributed by atoms with Gasteiger partial charge in [-0.05, 0) is 58.7 Å². The van der Waals surface area contributed by atoms with E-state index in [1.165, 1.54) is 22.3 Å². The molecule has 49 heavy (non-hydrogen) atoms. The summed E-state index contributed by atoms with van der Waals surface area (Å²) in [4.78, 5) is 23.3. The number of rotatable bonds is 6. The first-order valence-electron chi connectivity index (χ1n) is 16.5. The Hall–Kier alpha value is -6.40. The van der Waals surface area contributed by atoms with Gasteiger partial charge in [0.15, 0.2) is 11.6 Å². The van der Waals surface area contributed by atoms with Crippen LogP contribution in [0.2, 0.25) is 0 Å². The lowest BCUT2D eigenvalue weighted by Gasteiger charge is -2.32. The van der Waals surface area contributed by atoms with Crippen molar-refractivity contribution in [2.24, 2.45) is 0 Å². The molecular formula is C43H32N6. The molecule has 0 unspecified atom stereocenters. The fourth-order valence-electron chi connectivity index (χ4n) is 7.53. The van der Waals surface area contributed by atoms with Crippen LogP contribution in [0.25, 0.3) is 32.7 Å². The summed E-state index contributed by atoms with van der Waals surface area (Å²) in [5.74, 6) is 1.48. The first-order chi connectivity index (χ1) is 24.1. The predicted molar refractivity (Wildman–Crippen MR) is 200 cm³/mol. The Morgan fingerprint density at radius 2 is 0.939 bits per heavy atom. The van der Waals surface area contributed by atoms with E-state index in [1.54, 1.807) is 24.8 Å². The third-order valence-electron chi connectivity index (χ3n) is 9.70. The van der Waals surface area contributed by atoms with Crippen LogP contribution in [0.1, 0.15) is 25.0 Å². The van der Waals surface area contributed by atoms with Crippen molar-refractivity contribution in [2.75, 3.05) is 9.80 Å². The van der Waals surface area contributed by atoms with E-state index in [2.05, 4.69) is 143 Å². The summed E-state index contributed by atoms with van der Waals surface area (Å²) in [6.07, 6.45) is 10.6. The van der Waals surface area contributed by atoms with Gasteiger partial charge in [0.2, 0.25) is 0 Å². The number of para-hydroxylation sites is 2. The van der Waals surface area contributed by atoms with E-state index < -0.39 is 0 Å². The Bertz CT molecular complexity index is 2390. The lowest BCUT2D eigenvalue weighted by Crippen LogP contribution is -2.17. The highest BCUT2D eigenvalue weighted by Gasteiger charge is 2.37. The van der Waals surface area contributed by atoms with E-state index in [4.69, 9.17) is 9.97 Å². The van der Waals surface area contributed by atoms with Gasteiger partial charge in [-0.3, -0.25) is 19.8 Å². The van der Waals surface area contributed by atoms with E-state index >= 15 is 0 Å². The van der Waals surface area contributed by atoms with E-state index in [0.29, 0.717) is 0 Å². The van der Waals surface area contributed by atoms with Crippen molar-refractivity contribution in [3.05, 3.63) is 170 Å². The largest absolute Gasteiger partial charge is 0.293 e.